The summed E-state index contributed by atoms with van der Waals surface area (Å²) in [7, 11) is 0. The predicted octanol–water partition coefficient (Wildman–Crippen LogP) is 1.77. The Bertz CT molecular complexity index is 305. The molecule has 1 aliphatic rings. The molecule has 0 bridgehead atoms. The summed E-state index contributed by atoms with van der Waals surface area (Å²) in [4.78, 5) is 0. The zero-order chi connectivity index (χ0) is 9.10. The van der Waals surface area contributed by atoms with E-state index in [4.69, 9.17) is 5.11 Å². The molecular formula is C11H13NO. The number of aromatic hydroxyl groups is 1. The van der Waals surface area contributed by atoms with Gasteiger partial charge in [0, 0.05) is 6.54 Å². The molecule has 1 fully saturated rings. The maximum absolute atomic E-state index is 9.08. The van der Waals surface area contributed by atoms with E-state index >= 15 is 0 Å². The molecule has 2 rings (SSSR count). The smallest absolute Gasteiger partial charge is 0.115 e. The Kier molecular flexibility index (Phi) is 2.32. The highest BCUT2D eigenvalue weighted by Crippen LogP contribution is 2.15. The quantitative estimate of drug-likeness (QED) is 0.681. The van der Waals surface area contributed by atoms with Gasteiger partial charge < -0.3 is 10.4 Å². The second-order valence-corrected chi connectivity index (χ2v) is 3.32. The first kappa shape index (κ1) is 8.32. The van der Waals surface area contributed by atoms with Crippen molar-refractivity contribution >= 4 is 6.08 Å². The predicted molar refractivity (Wildman–Crippen MR) is 53.6 cm³/mol. The molecule has 1 heterocycles. The Morgan fingerprint density at radius 3 is 2.62 bits per heavy atom. The number of benzene rings is 1. The number of hydrogen-bond acceptors (Lipinski definition) is 2. The summed E-state index contributed by atoms with van der Waals surface area (Å²) in [5.41, 5.74) is 2.60. The summed E-state index contributed by atoms with van der Waals surface area (Å²) < 4.78 is 0. The lowest BCUT2D eigenvalue weighted by molar-refractivity contribution is 0.475. The van der Waals surface area contributed by atoms with Gasteiger partial charge >= 0.3 is 0 Å². The molecule has 0 spiro atoms. The summed E-state index contributed by atoms with van der Waals surface area (Å²) >= 11 is 0. The lowest BCUT2D eigenvalue weighted by atomic mass is 10.1. The fourth-order valence-corrected chi connectivity index (χ4v) is 1.52. The highest BCUT2D eigenvalue weighted by molar-refractivity contribution is 5.54. The van der Waals surface area contributed by atoms with Gasteiger partial charge in [-0.3, -0.25) is 0 Å². The third-order valence-electron chi connectivity index (χ3n) is 2.24. The number of rotatable bonds is 1. The normalized spacial score (nSPS) is 19.5. The average molecular weight is 175 g/mol. The molecule has 2 heteroatoms. The molecule has 68 valence electrons. The molecule has 1 aliphatic heterocycles. The third-order valence-corrected chi connectivity index (χ3v) is 2.24. The van der Waals surface area contributed by atoms with Crippen molar-refractivity contribution in [2.24, 2.45) is 0 Å². The molecule has 0 aromatic heterocycles. The largest absolute Gasteiger partial charge is 0.508 e. The molecule has 0 atom stereocenters. The molecule has 0 radical (unpaired) electrons. The van der Waals surface area contributed by atoms with Crippen molar-refractivity contribution in [3.8, 4) is 5.75 Å². The van der Waals surface area contributed by atoms with Crippen molar-refractivity contribution in [3.05, 3.63) is 35.4 Å². The Morgan fingerprint density at radius 2 is 2.00 bits per heavy atom. The van der Waals surface area contributed by atoms with E-state index in [9.17, 15) is 0 Å². The van der Waals surface area contributed by atoms with Gasteiger partial charge in [0.1, 0.15) is 5.75 Å². The van der Waals surface area contributed by atoms with Crippen LogP contribution in [0.15, 0.2) is 29.8 Å². The Labute approximate surface area is 77.9 Å². The van der Waals surface area contributed by atoms with Crippen LogP contribution in [0.25, 0.3) is 6.08 Å². The van der Waals surface area contributed by atoms with Gasteiger partial charge in [-0.15, -0.1) is 0 Å². The Balaban J connectivity index is 2.17. The van der Waals surface area contributed by atoms with Gasteiger partial charge in [-0.1, -0.05) is 23.8 Å². The van der Waals surface area contributed by atoms with E-state index in [2.05, 4.69) is 11.4 Å². The maximum atomic E-state index is 9.08. The summed E-state index contributed by atoms with van der Waals surface area (Å²) in [6, 6.07) is 7.30. The molecule has 1 saturated heterocycles. The summed E-state index contributed by atoms with van der Waals surface area (Å²) in [6.45, 7) is 2.09. The van der Waals surface area contributed by atoms with Crippen LogP contribution in [0.3, 0.4) is 0 Å². The van der Waals surface area contributed by atoms with Crippen LogP contribution in [-0.2, 0) is 0 Å². The number of nitrogens with one attached hydrogen (secondary N) is 1. The average Bonchev–Trinajstić information content (AvgIpc) is 2.62. The summed E-state index contributed by atoms with van der Waals surface area (Å²) in [5.74, 6) is 0.326. The lowest BCUT2D eigenvalue weighted by Gasteiger charge is -1.96. The zero-order valence-corrected chi connectivity index (χ0v) is 7.46. The van der Waals surface area contributed by atoms with Crippen LogP contribution in [0.4, 0.5) is 0 Å². The SMILES string of the molecule is Oc1ccc(C=C2CCNC2)cc1. The molecule has 0 saturated carbocycles. The zero-order valence-electron chi connectivity index (χ0n) is 7.46. The third kappa shape index (κ3) is 2.10. The van der Waals surface area contributed by atoms with Crippen molar-refractivity contribution in [1.29, 1.82) is 0 Å². The first-order valence-electron chi connectivity index (χ1n) is 4.54. The molecule has 0 amide bonds. The molecule has 2 nitrogen and oxygen atoms in total. The van der Waals surface area contributed by atoms with Crippen molar-refractivity contribution in [1.82, 2.24) is 5.32 Å². The van der Waals surface area contributed by atoms with E-state index in [1.807, 2.05) is 12.1 Å². The molecule has 0 aliphatic carbocycles. The standard InChI is InChI=1S/C11H13NO/c13-11-3-1-9(2-4-11)7-10-5-6-12-8-10/h1-4,7,12-13H,5-6,8H2. The minimum Gasteiger partial charge on any atom is -0.508 e. The van der Waals surface area contributed by atoms with Gasteiger partial charge in [0.15, 0.2) is 0 Å². The minimum absolute atomic E-state index is 0.326. The van der Waals surface area contributed by atoms with Gasteiger partial charge in [0.2, 0.25) is 0 Å². The van der Waals surface area contributed by atoms with Gasteiger partial charge in [-0.2, -0.15) is 0 Å². The van der Waals surface area contributed by atoms with E-state index in [1.165, 1.54) is 5.57 Å². The van der Waals surface area contributed by atoms with E-state index in [1.54, 1.807) is 12.1 Å². The van der Waals surface area contributed by atoms with Gasteiger partial charge in [-0.25, -0.2) is 0 Å². The maximum Gasteiger partial charge on any atom is 0.115 e. The van der Waals surface area contributed by atoms with Crippen LogP contribution >= 0.6 is 0 Å². The van der Waals surface area contributed by atoms with Crippen molar-refractivity contribution in [2.75, 3.05) is 13.1 Å². The second kappa shape index (κ2) is 3.62. The summed E-state index contributed by atoms with van der Waals surface area (Å²) in [6.07, 6.45) is 3.32. The number of phenols is 1. The van der Waals surface area contributed by atoms with E-state index in [0.29, 0.717) is 5.75 Å². The molecule has 2 N–H and O–H groups in total. The fraction of sp³-hybridized carbons (Fsp3) is 0.273. The lowest BCUT2D eigenvalue weighted by Crippen LogP contribution is -2.04. The van der Waals surface area contributed by atoms with Crippen LogP contribution in [0.5, 0.6) is 5.75 Å². The highest BCUT2D eigenvalue weighted by atomic mass is 16.3. The van der Waals surface area contributed by atoms with E-state index in [0.717, 1.165) is 25.1 Å². The van der Waals surface area contributed by atoms with E-state index < -0.39 is 0 Å². The number of phenolic OH excluding ortho intramolecular Hbond substituents is 1. The second-order valence-electron chi connectivity index (χ2n) is 3.32. The summed E-state index contributed by atoms with van der Waals surface area (Å²) in [5, 5.41) is 12.4. The Hall–Kier alpha value is -1.28. The molecular weight excluding hydrogens is 162 g/mol. The minimum atomic E-state index is 0.326. The van der Waals surface area contributed by atoms with Crippen molar-refractivity contribution in [3.63, 3.8) is 0 Å². The molecule has 0 unspecified atom stereocenters. The molecule has 13 heavy (non-hydrogen) atoms. The number of hydrogen-bond donors (Lipinski definition) is 2. The van der Waals surface area contributed by atoms with Crippen LogP contribution < -0.4 is 5.32 Å². The van der Waals surface area contributed by atoms with Crippen molar-refractivity contribution in [2.45, 2.75) is 6.42 Å². The van der Waals surface area contributed by atoms with Crippen LogP contribution in [-0.4, -0.2) is 18.2 Å². The molecule has 1 aromatic rings. The topological polar surface area (TPSA) is 32.3 Å². The van der Waals surface area contributed by atoms with Crippen molar-refractivity contribution < 1.29 is 5.11 Å². The monoisotopic (exact) mass is 175 g/mol. The van der Waals surface area contributed by atoms with Gasteiger partial charge in [-0.05, 0) is 30.7 Å². The Morgan fingerprint density at radius 1 is 1.23 bits per heavy atom. The molecule has 1 aromatic carbocycles. The van der Waals surface area contributed by atoms with Gasteiger partial charge in [0.05, 0.1) is 0 Å². The van der Waals surface area contributed by atoms with Crippen LogP contribution in [0.2, 0.25) is 0 Å². The first-order chi connectivity index (χ1) is 6.34. The fourth-order valence-electron chi connectivity index (χ4n) is 1.52. The van der Waals surface area contributed by atoms with Crippen LogP contribution in [0.1, 0.15) is 12.0 Å². The van der Waals surface area contributed by atoms with E-state index in [-0.39, 0.29) is 0 Å². The highest BCUT2D eigenvalue weighted by Gasteiger charge is 2.04. The van der Waals surface area contributed by atoms with Crippen LogP contribution in [0, 0.1) is 0 Å². The van der Waals surface area contributed by atoms with Gasteiger partial charge in [0.25, 0.3) is 0 Å². The first-order valence-corrected chi connectivity index (χ1v) is 4.54.